The third-order valence-electron chi connectivity index (χ3n) is 3.98. The molecule has 1 aliphatic rings. The summed E-state index contributed by atoms with van der Waals surface area (Å²) in [6.45, 7) is 5.61. The Morgan fingerprint density at radius 2 is 2.19 bits per heavy atom. The molecule has 0 spiro atoms. The fourth-order valence-corrected chi connectivity index (χ4v) is 2.63. The monoisotopic (exact) mass is 371 g/mol. The van der Waals surface area contributed by atoms with Crippen molar-refractivity contribution in [3.63, 3.8) is 0 Å². The first-order valence-corrected chi connectivity index (χ1v) is 8.02. The Morgan fingerprint density at radius 3 is 2.81 bits per heavy atom. The Hall–Kier alpha value is -2.49. The van der Waals surface area contributed by atoms with E-state index in [0.717, 1.165) is 10.8 Å². The second-order valence-corrected chi connectivity index (χ2v) is 6.91. The molecule has 0 unspecified atom stereocenters. The number of nitrogens with two attached hydrogens (primary N) is 1. The zero-order chi connectivity index (χ0) is 19.7. The summed E-state index contributed by atoms with van der Waals surface area (Å²) in [6, 6.07) is 0. The van der Waals surface area contributed by atoms with Crippen molar-refractivity contribution in [2.24, 2.45) is 0 Å². The Balaban J connectivity index is 2.03. The van der Waals surface area contributed by atoms with E-state index in [9.17, 15) is 18.8 Å². The summed E-state index contributed by atoms with van der Waals surface area (Å²) < 4.78 is 30.5. The molecule has 2 heterocycles. The zero-order valence-corrected chi connectivity index (χ0v) is 15.1. The van der Waals surface area contributed by atoms with Crippen LogP contribution < -0.4 is 11.4 Å². The standard InChI is InChI=1S/C16H22FN3O6/c1-9(21)25-15(2,3)13(22)24-8-16(4)6-5-11(26-16)20-7-10(17)12(18)19-14(20)23/h7,11H,5-6,8H2,1-4H3,(H2,18,19,23)/t11-,16+/m1/s1. The van der Waals surface area contributed by atoms with E-state index in [2.05, 4.69) is 4.98 Å². The first-order chi connectivity index (χ1) is 11.9. The fraction of sp³-hybridized carbons (Fsp3) is 0.625. The number of hydrogen-bond acceptors (Lipinski definition) is 8. The number of nitrogens with zero attached hydrogens (tertiary/aromatic N) is 2. The maximum absolute atomic E-state index is 13.6. The average Bonchev–Trinajstić information content (AvgIpc) is 2.90. The number of carbonyl (C=O) groups is 2. The van der Waals surface area contributed by atoms with E-state index >= 15 is 0 Å². The average molecular weight is 371 g/mol. The van der Waals surface area contributed by atoms with Crippen LogP contribution in [-0.2, 0) is 23.8 Å². The summed E-state index contributed by atoms with van der Waals surface area (Å²) >= 11 is 0. The van der Waals surface area contributed by atoms with Crippen LogP contribution in [0, 0.1) is 5.82 Å². The highest BCUT2D eigenvalue weighted by atomic mass is 19.1. The van der Waals surface area contributed by atoms with Crippen LogP contribution in [-0.4, -0.2) is 39.3 Å². The van der Waals surface area contributed by atoms with Crippen LogP contribution in [0.5, 0.6) is 0 Å². The van der Waals surface area contributed by atoms with E-state index in [4.69, 9.17) is 19.9 Å². The zero-order valence-electron chi connectivity index (χ0n) is 15.1. The maximum atomic E-state index is 13.6. The highest BCUT2D eigenvalue weighted by Crippen LogP contribution is 2.36. The van der Waals surface area contributed by atoms with Gasteiger partial charge in [-0.05, 0) is 33.6 Å². The molecule has 1 aromatic heterocycles. The summed E-state index contributed by atoms with van der Waals surface area (Å²) in [5.41, 5.74) is 2.22. The lowest BCUT2D eigenvalue weighted by Crippen LogP contribution is -2.41. The van der Waals surface area contributed by atoms with Crippen molar-refractivity contribution in [2.45, 2.75) is 58.0 Å². The third-order valence-corrected chi connectivity index (χ3v) is 3.98. The Kier molecular flexibility index (Phi) is 5.36. The molecule has 1 fully saturated rings. The van der Waals surface area contributed by atoms with Crippen molar-refractivity contribution in [2.75, 3.05) is 12.3 Å². The van der Waals surface area contributed by atoms with Crippen molar-refractivity contribution in [1.82, 2.24) is 9.55 Å². The lowest BCUT2D eigenvalue weighted by atomic mass is 10.0. The van der Waals surface area contributed by atoms with Crippen molar-refractivity contribution < 1.29 is 28.2 Å². The molecule has 0 aliphatic carbocycles. The summed E-state index contributed by atoms with van der Waals surface area (Å²) in [7, 11) is 0. The van der Waals surface area contributed by atoms with Crippen molar-refractivity contribution in [1.29, 1.82) is 0 Å². The molecule has 1 aromatic rings. The first kappa shape index (κ1) is 19.8. The smallest absolute Gasteiger partial charge is 0.351 e. The van der Waals surface area contributed by atoms with E-state index in [0.29, 0.717) is 12.8 Å². The number of aromatic nitrogens is 2. The lowest BCUT2D eigenvalue weighted by molar-refractivity contribution is -0.184. The van der Waals surface area contributed by atoms with Gasteiger partial charge in [-0.2, -0.15) is 4.98 Å². The third kappa shape index (κ3) is 4.37. The molecule has 2 N–H and O–H groups in total. The minimum atomic E-state index is -1.43. The van der Waals surface area contributed by atoms with Gasteiger partial charge >= 0.3 is 17.6 Å². The van der Waals surface area contributed by atoms with Gasteiger partial charge < -0.3 is 19.9 Å². The van der Waals surface area contributed by atoms with E-state index in [1.54, 1.807) is 6.92 Å². The van der Waals surface area contributed by atoms with Gasteiger partial charge in [-0.3, -0.25) is 9.36 Å². The minimum absolute atomic E-state index is 0.118. The molecule has 0 saturated carbocycles. The van der Waals surface area contributed by atoms with Crippen molar-refractivity contribution in [3.8, 4) is 0 Å². The number of rotatable bonds is 5. The van der Waals surface area contributed by atoms with Gasteiger partial charge in [-0.15, -0.1) is 0 Å². The maximum Gasteiger partial charge on any atom is 0.351 e. The lowest BCUT2D eigenvalue weighted by Gasteiger charge is -2.28. The molecule has 1 saturated heterocycles. The molecule has 0 bridgehead atoms. The predicted molar refractivity (Wildman–Crippen MR) is 87.4 cm³/mol. The number of hydrogen-bond donors (Lipinski definition) is 1. The quantitative estimate of drug-likeness (QED) is 0.758. The molecule has 2 atom stereocenters. The highest BCUT2D eigenvalue weighted by molar-refractivity contribution is 5.82. The van der Waals surface area contributed by atoms with Gasteiger partial charge in [0.15, 0.2) is 11.6 Å². The Bertz CT molecular complexity index is 778. The van der Waals surface area contributed by atoms with E-state index in [1.165, 1.54) is 20.8 Å². The van der Waals surface area contributed by atoms with E-state index < -0.39 is 46.7 Å². The minimum Gasteiger partial charge on any atom is -0.460 e. The first-order valence-electron chi connectivity index (χ1n) is 8.02. The molecular weight excluding hydrogens is 349 g/mol. The highest BCUT2D eigenvalue weighted by Gasteiger charge is 2.41. The van der Waals surface area contributed by atoms with Crippen LogP contribution in [0.3, 0.4) is 0 Å². The number of carbonyl (C=O) groups excluding carboxylic acids is 2. The number of nitrogen functional groups attached to an aromatic ring is 1. The summed E-state index contributed by atoms with van der Waals surface area (Å²) in [5, 5.41) is 0. The molecule has 144 valence electrons. The van der Waals surface area contributed by atoms with Crippen LogP contribution in [0.15, 0.2) is 11.0 Å². The molecule has 10 heteroatoms. The number of anilines is 1. The van der Waals surface area contributed by atoms with Crippen LogP contribution in [0.1, 0.15) is 46.8 Å². The Labute approximate surface area is 149 Å². The van der Waals surface area contributed by atoms with E-state index in [1.807, 2.05) is 0 Å². The second kappa shape index (κ2) is 7.02. The van der Waals surface area contributed by atoms with Crippen molar-refractivity contribution in [3.05, 3.63) is 22.5 Å². The summed E-state index contributed by atoms with van der Waals surface area (Å²) in [4.78, 5) is 38.4. The van der Waals surface area contributed by atoms with Gasteiger partial charge in [0.05, 0.1) is 6.20 Å². The normalized spacial score (nSPS) is 22.9. The van der Waals surface area contributed by atoms with Crippen molar-refractivity contribution >= 4 is 17.8 Å². The van der Waals surface area contributed by atoms with Crippen LogP contribution in [0.4, 0.5) is 10.2 Å². The van der Waals surface area contributed by atoms with Gasteiger partial charge in [0.2, 0.25) is 5.60 Å². The summed E-state index contributed by atoms with van der Waals surface area (Å²) in [5.74, 6) is -2.63. The molecule has 0 radical (unpaired) electrons. The molecule has 0 aromatic carbocycles. The van der Waals surface area contributed by atoms with Gasteiger partial charge in [-0.25, -0.2) is 14.0 Å². The molecular formula is C16H22FN3O6. The van der Waals surface area contributed by atoms with Gasteiger partial charge in [0, 0.05) is 6.92 Å². The van der Waals surface area contributed by atoms with Crippen LogP contribution >= 0.6 is 0 Å². The molecule has 1 aliphatic heterocycles. The second-order valence-electron chi connectivity index (χ2n) is 6.91. The molecule has 2 rings (SSSR count). The van der Waals surface area contributed by atoms with E-state index in [-0.39, 0.29) is 6.61 Å². The summed E-state index contributed by atoms with van der Waals surface area (Å²) in [6.07, 6.45) is 1.04. The van der Waals surface area contributed by atoms with Gasteiger partial charge in [0.1, 0.15) is 18.4 Å². The predicted octanol–water partition coefficient (Wildman–Crippen LogP) is 0.917. The molecule has 9 nitrogen and oxygen atoms in total. The number of esters is 2. The van der Waals surface area contributed by atoms with Crippen LogP contribution in [0.25, 0.3) is 0 Å². The Morgan fingerprint density at radius 1 is 1.54 bits per heavy atom. The largest absolute Gasteiger partial charge is 0.460 e. The van der Waals surface area contributed by atoms with Gasteiger partial charge in [0.25, 0.3) is 0 Å². The molecule has 26 heavy (non-hydrogen) atoms. The SMILES string of the molecule is CC(=O)OC(C)(C)C(=O)OC[C@]1(C)CC[C@H](n2cc(F)c(N)nc2=O)O1. The fourth-order valence-electron chi connectivity index (χ4n) is 2.63. The van der Waals surface area contributed by atoms with Gasteiger partial charge in [-0.1, -0.05) is 0 Å². The van der Waals surface area contributed by atoms with Crippen LogP contribution in [0.2, 0.25) is 0 Å². The number of ether oxygens (including phenoxy) is 3. The molecule has 0 amide bonds. The number of halogens is 1. The topological polar surface area (TPSA) is 123 Å².